The van der Waals surface area contributed by atoms with E-state index in [1.54, 1.807) is 11.9 Å². The van der Waals surface area contributed by atoms with Crippen LogP contribution in [0.1, 0.15) is 24.4 Å². The Hall–Kier alpha value is -1.82. The van der Waals surface area contributed by atoms with Crippen molar-refractivity contribution in [2.45, 2.75) is 18.9 Å². The second-order valence-electron chi connectivity index (χ2n) is 3.81. The molecule has 0 bridgehead atoms. The topological polar surface area (TPSA) is 70.2 Å². The van der Waals surface area contributed by atoms with E-state index >= 15 is 0 Å². The smallest absolute Gasteiger partial charge is 0.126 e. The van der Waals surface area contributed by atoms with E-state index in [0.717, 1.165) is 12.5 Å². The Morgan fingerprint density at radius 3 is 2.11 bits per heavy atom. The number of carbonyl (C=O) groups excluding carboxylic acids is 1. The van der Waals surface area contributed by atoms with Crippen molar-refractivity contribution in [3.8, 4) is 0 Å². The van der Waals surface area contributed by atoms with Crippen molar-refractivity contribution >= 4 is 12.6 Å². The van der Waals surface area contributed by atoms with Gasteiger partial charge in [-0.1, -0.05) is 0 Å². The first-order chi connectivity index (χ1) is 9.08. The van der Waals surface area contributed by atoms with Gasteiger partial charge in [0.25, 0.3) is 0 Å². The lowest BCUT2D eigenvalue weighted by molar-refractivity contribution is -0.0979. The molecule has 1 atom stereocenters. The highest BCUT2D eigenvalue weighted by molar-refractivity contribution is 5.81. The molecule has 106 valence electrons. The van der Waals surface area contributed by atoms with Crippen LogP contribution in [0.25, 0.3) is 0 Å². The largest absolute Gasteiger partial charge is 0.357 e. The first kappa shape index (κ1) is 17.2. The van der Waals surface area contributed by atoms with Crippen molar-refractivity contribution in [3.63, 3.8) is 0 Å². The van der Waals surface area contributed by atoms with Crippen molar-refractivity contribution in [1.29, 1.82) is 5.41 Å². The van der Waals surface area contributed by atoms with Gasteiger partial charge in [0, 0.05) is 19.5 Å². The third-order valence-corrected chi connectivity index (χ3v) is 2.82. The maximum absolute atomic E-state index is 13.0. The monoisotopic (exact) mass is 271 g/mol. The Bertz CT molecular complexity index is 406. The quantitative estimate of drug-likeness (QED) is 0.821. The summed E-state index contributed by atoms with van der Waals surface area (Å²) in [5.41, 5.74) is 5.11. The van der Waals surface area contributed by atoms with Crippen molar-refractivity contribution in [2.75, 3.05) is 14.1 Å². The molecule has 3 N–H and O–H groups in total. The molecule has 4 nitrogen and oxygen atoms in total. The number of nitrogens with zero attached hydrogens (tertiary/aromatic N) is 1. The number of likely N-dealkylation sites (tertiary alicyclic amines) is 1. The molecule has 1 aliphatic rings. The molecule has 2 rings (SSSR count). The predicted octanol–water partition coefficient (Wildman–Crippen LogP) is 2.10. The Morgan fingerprint density at radius 2 is 1.74 bits per heavy atom. The van der Waals surface area contributed by atoms with E-state index in [9.17, 15) is 8.78 Å². The van der Waals surface area contributed by atoms with Gasteiger partial charge in [-0.3, -0.25) is 5.41 Å². The summed E-state index contributed by atoms with van der Waals surface area (Å²) in [6.45, 7) is 2.00. The molecular weight excluding hydrogens is 252 g/mol. The summed E-state index contributed by atoms with van der Waals surface area (Å²) in [5, 5.41) is 7.58. The van der Waals surface area contributed by atoms with Crippen LogP contribution in [-0.4, -0.2) is 31.6 Å². The highest BCUT2D eigenvalue weighted by Gasteiger charge is 2.26. The zero-order valence-corrected chi connectivity index (χ0v) is 11.1. The van der Waals surface area contributed by atoms with Crippen molar-refractivity contribution in [1.82, 2.24) is 4.90 Å². The number of halogens is 2. The second kappa shape index (κ2) is 8.31. The lowest BCUT2D eigenvalue weighted by Crippen LogP contribution is -2.22. The maximum Gasteiger partial charge on any atom is 0.126 e. The van der Waals surface area contributed by atoms with E-state index in [1.807, 2.05) is 6.79 Å². The van der Waals surface area contributed by atoms with E-state index in [2.05, 4.69) is 5.73 Å². The molecule has 1 aliphatic heterocycles. The number of hydrogen-bond donors (Lipinski definition) is 2. The van der Waals surface area contributed by atoms with Gasteiger partial charge in [0.1, 0.15) is 18.4 Å². The van der Waals surface area contributed by atoms with E-state index in [1.165, 1.54) is 19.2 Å². The van der Waals surface area contributed by atoms with Crippen LogP contribution in [-0.2, 0) is 4.79 Å². The van der Waals surface area contributed by atoms with E-state index < -0.39 is 11.6 Å². The summed E-state index contributed by atoms with van der Waals surface area (Å²) in [7, 11) is 3.28. The molecule has 0 aliphatic carbocycles. The molecular formula is C13H19F2N3O. The Kier molecular flexibility index (Phi) is 7.52. The van der Waals surface area contributed by atoms with Gasteiger partial charge >= 0.3 is 0 Å². The summed E-state index contributed by atoms with van der Waals surface area (Å²) < 4.78 is 26.0. The van der Waals surface area contributed by atoms with Crippen LogP contribution in [0.3, 0.4) is 0 Å². The minimum absolute atomic E-state index is 0.0669. The fraction of sp³-hybridized carbons (Fsp3) is 0.385. The van der Waals surface area contributed by atoms with Crippen LogP contribution in [0.2, 0.25) is 0 Å². The lowest BCUT2D eigenvalue weighted by atomic mass is 10.0. The number of nitrogens with one attached hydrogen (secondary N) is 1. The molecule has 0 spiro atoms. The predicted molar refractivity (Wildman–Crippen MR) is 71.1 cm³/mol. The van der Waals surface area contributed by atoms with Gasteiger partial charge in [0.2, 0.25) is 0 Å². The second-order valence-corrected chi connectivity index (χ2v) is 3.81. The van der Waals surface area contributed by atoms with Gasteiger partial charge in [-0.2, -0.15) is 0 Å². The Balaban J connectivity index is 0.000000741. The zero-order valence-electron chi connectivity index (χ0n) is 11.1. The van der Waals surface area contributed by atoms with Crippen LogP contribution in [0.5, 0.6) is 0 Å². The van der Waals surface area contributed by atoms with Crippen LogP contribution in [0.4, 0.5) is 8.78 Å². The summed E-state index contributed by atoms with van der Waals surface area (Å²) in [6, 6.07) is 3.47. The minimum Gasteiger partial charge on any atom is -0.357 e. The maximum atomic E-state index is 13.0. The van der Waals surface area contributed by atoms with Crippen molar-refractivity contribution in [2.24, 2.45) is 5.73 Å². The van der Waals surface area contributed by atoms with Gasteiger partial charge in [0.05, 0.1) is 11.9 Å². The highest BCUT2D eigenvalue weighted by atomic mass is 19.1. The Labute approximate surface area is 111 Å². The average Bonchev–Trinajstić information content (AvgIpc) is 2.74. The number of hydrogen-bond acceptors (Lipinski definition) is 3. The molecule has 1 heterocycles. The van der Waals surface area contributed by atoms with Gasteiger partial charge in [-0.05, 0) is 31.2 Å². The summed E-state index contributed by atoms with van der Waals surface area (Å²) in [4.78, 5) is 9.76. The highest BCUT2D eigenvalue weighted by Crippen LogP contribution is 2.31. The first-order valence-corrected chi connectivity index (χ1v) is 5.71. The number of nitrogens with two attached hydrogens (primary N) is 1. The summed E-state index contributed by atoms with van der Waals surface area (Å²) in [5.74, 6) is -0.599. The fourth-order valence-corrected chi connectivity index (χ4v) is 1.99. The lowest BCUT2D eigenvalue weighted by Gasteiger charge is -2.21. The molecule has 1 aromatic rings. The third-order valence-electron chi connectivity index (χ3n) is 2.82. The Morgan fingerprint density at radius 1 is 1.26 bits per heavy atom. The average molecular weight is 271 g/mol. The third kappa shape index (κ3) is 4.40. The van der Waals surface area contributed by atoms with Crippen LogP contribution in [0, 0.1) is 17.0 Å². The molecule has 1 aromatic carbocycles. The van der Waals surface area contributed by atoms with Crippen LogP contribution < -0.4 is 5.73 Å². The number of rotatable bonds is 1. The van der Waals surface area contributed by atoms with Gasteiger partial charge in [-0.25, -0.2) is 8.78 Å². The number of carbonyl (C=O) groups is 1. The van der Waals surface area contributed by atoms with Gasteiger partial charge in [0.15, 0.2) is 0 Å². The first-order valence-electron chi connectivity index (χ1n) is 5.71. The molecule has 6 heteroatoms. The zero-order chi connectivity index (χ0) is 15.0. The van der Waals surface area contributed by atoms with Crippen LogP contribution in [0.15, 0.2) is 18.2 Å². The molecule has 0 aromatic heterocycles. The van der Waals surface area contributed by atoms with Gasteiger partial charge < -0.3 is 15.4 Å². The normalized spacial score (nSPS) is 17.2. The number of amidine groups is 1. The molecule has 0 amide bonds. The standard InChI is InChI=1S/C11H12F2N2.CH5N.CH2O/c1-15-10(2-3-11(15)14)7-4-8(12)6-9(13)5-7;2*1-2/h4-6,10,14H,2-3H2,1H3;2H2,1H3;1H2. The summed E-state index contributed by atoms with van der Waals surface area (Å²) in [6.07, 6.45) is 1.41. The summed E-state index contributed by atoms with van der Waals surface area (Å²) >= 11 is 0. The van der Waals surface area contributed by atoms with E-state index in [4.69, 9.17) is 10.2 Å². The molecule has 1 fully saturated rings. The van der Waals surface area contributed by atoms with Crippen LogP contribution >= 0.6 is 0 Å². The minimum atomic E-state index is -0.558. The van der Waals surface area contributed by atoms with E-state index in [-0.39, 0.29) is 6.04 Å². The van der Waals surface area contributed by atoms with Crippen molar-refractivity contribution in [3.05, 3.63) is 35.4 Å². The fourth-order valence-electron chi connectivity index (χ4n) is 1.99. The number of benzene rings is 1. The molecule has 1 saturated heterocycles. The van der Waals surface area contributed by atoms with Gasteiger partial charge in [-0.15, -0.1) is 0 Å². The SMILES string of the molecule is C=O.CN.CN1C(=N)CCC1c1cc(F)cc(F)c1. The molecule has 0 saturated carbocycles. The molecule has 0 radical (unpaired) electrons. The van der Waals surface area contributed by atoms with Crippen molar-refractivity contribution < 1.29 is 13.6 Å². The van der Waals surface area contributed by atoms with E-state index in [0.29, 0.717) is 17.8 Å². The molecule has 1 unspecified atom stereocenters. The molecule has 19 heavy (non-hydrogen) atoms.